The molecule has 2 aliphatic rings. The van der Waals surface area contributed by atoms with Gasteiger partial charge in [-0.1, -0.05) is 30.3 Å². The summed E-state index contributed by atoms with van der Waals surface area (Å²) >= 11 is 0. The fraction of sp³-hybridized carbons (Fsp3) is 0.368. The van der Waals surface area contributed by atoms with Gasteiger partial charge in [0, 0.05) is 6.42 Å². The number of hydrogen-bond donors (Lipinski definition) is 1. The Morgan fingerprint density at radius 3 is 2.76 bits per heavy atom. The van der Waals surface area contributed by atoms with E-state index in [-0.39, 0.29) is 6.10 Å². The Balaban J connectivity index is 1.57. The molecule has 1 heterocycles. The van der Waals surface area contributed by atoms with E-state index < -0.39 is 0 Å². The van der Waals surface area contributed by atoms with Crippen molar-refractivity contribution < 1.29 is 9.84 Å². The van der Waals surface area contributed by atoms with Gasteiger partial charge in [0.05, 0.1) is 12.7 Å². The van der Waals surface area contributed by atoms with Gasteiger partial charge in [-0.2, -0.15) is 0 Å². The van der Waals surface area contributed by atoms with Gasteiger partial charge in [0.15, 0.2) is 0 Å². The molecule has 21 heavy (non-hydrogen) atoms. The zero-order valence-corrected chi connectivity index (χ0v) is 12.1. The normalized spacial score (nSPS) is 21.3. The largest absolute Gasteiger partial charge is 0.493 e. The fourth-order valence-electron chi connectivity index (χ4n) is 3.66. The van der Waals surface area contributed by atoms with Gasteiger partial charge in [0.25, 0.3) is 0 Å². The summed E-state index contributed by atoms with van der Waals surface area (Å²) in [6.07, 6.45) is 3.70. The van der Waals surface area contributed by atoms with Crippen LogP contribution in [0, 0.1) is 5.92 Å². The molecule has 2 unspecified atom stereocenters. The third-order valence-electron chi connectivity index (χ3n) is 4.89. The van der Waals surface area contributed by atoms with Gasteiger partial charge in [-0.3, -0.25) is 0 Å². The molecular formula is C19H20O2. The fourth-order valence-corrected chi connectivity index (χ4v) is 3.66. The van der Waals surface area contributed by atoms with Crippen LogP contribution in [0.5, 0.6) is 5.75 Å². The summed E-state index contributed by atoms with van der Waals surface area (Å²) < 4.78 is 5.54. The number of aliphatic hydroxyl groups is 1. The monoisotopic (exact) mass is 280 g/mol. The summed E-state index contributed by atoms with van der Waals surface area (Å²) in [6.45, 7) is 0.770. The van der Waals surface area contributed by atoms with Crippen molar-refractivity contribution >= 4 is 0 Å². The zero-order valence-electron chi connectivity index (χ0n) is 12.1. The summed E-state index contributed by atoms with van der Waals surface area (Å²) in [4.78, 5) is 0. The van der Waals surface area contributed by atoms with Crippen LogP contribution < -0.4 is 4.74 Å². The van der Waals surface area contributed by atoms with Crippen LogP contribution in [0.4, 0.5) is 0 Å². The van der Waals surface area contributed by atoms with Crippen molar-refractivity contribution in [1.82, 2.24) is 0 Å². The molecule has 1 aliphatic heterocycles. The predicted molar refractivity (Wildman–Crippen MR) is 82.6 cm³/mol. The van der Waals surface area contributed by atoms with Gasteiger partial charge in [-0.25, -0.2) is 0 Å². The minimum atomic E-state index is -0.371. The van der Waals surface area contributed by atoms with E-state index in [1.54, 1.807) is 0 Å². The molecule has 2 aromatic carbocycles. The molecule has 0 radical (unpaired) electrons. The van der Waals surface area contributed by atoms with Crippen LogP contribution in [-0.4, -0.2) is 11.7 Å². The van der Waals surface area contributed by atoms with Crippen molar-refractivity contribution in [2.24, 2.45) is 5.92 Å². The Labute approximate surface area is 125 Å². The maximum absolute atomic E-state index is 10.8. The number of rotatable bonds is 2. The number of aliphatic hydroxyl groups excluding tert-OH is 1. The number of aryl methyl sites for hydroxylation is 1. The first-order chi connectivity index (χ1) is 10.3. The minimum absolute atomic E-state index is 0.320. The van der Waals surface area contributed by atoms with Crippen molar-refractivity contribution in [3.05, 3.63) is 64.7 Å². The molecule has 0 saturated carbocycles. The lowest BCUT2D eigenvalue weighted by atomic mass is 9.79. The quantitative estimate of drug-likeness (QED) is 0.913. The topological polar surface area (TPSA) is 29.5 Å². The molecule has 0 saturated heterocycles. The predicted octanol–water partition coefficient (Wildman–Crippen LogP) is 3.46. The lowest BCUT2D eigenvalue weighted by Crippen LogP contribution is -2.21. The van der Waals surface area contributed by atoms with Crippen LogP contribution in [0.15, 0.2) is 42.5 Å². The van der Waals surface area contributed by atoms with Crippen molar-refractivity contribution in [2.75, 3.05) is 6.61 Å². The van der Waals surface area contributed by atoms with E-state index in [1.807, 2.05) is 12.1 Å². The second-order valence-corrected chi connectivity index (χ2v) is 6.18. The molecule has 0 fully saturated rings. The Hall–Kier alpha value is -1.80. The summed E-state index contributed by atoms with van der Waals surface area (Å²) in [7, 11) is 0. The van der Waals surface area contributed by atoms with Crippen LogP contribution in [0.2, 0.25) is 0 Å². The third kappa shape index (κ3) is 2.34. The van der Waals surface area contributed by atoms with Gasteiger partial charge in [0.1, 0.15) is 5.75 Å². The summed E-state index contributed by atoms with van der Waals surface area (Å²) in [5.41, 5.74) is 5.13. The molecular weight excluding hydrogens is 260 g/mol. The van der Waals surface area contributed by atoms with Crippen LogP contribution in [0.1, 0.15) is 34.8 Å². The highest BCUT2D eigenvalue weighted by Crippen LogP contribution is 2.36. The van der Waals surface area contributed by atoms with Crippen molar-refractivity contribution in [3.63, 3.8) is 0 Å². The lowest BCUT2D eigenvalue weighted by molar-refractivity contribution is 0.0994. The van der Waals surface area contributed by atoms with E-state index in [4.69, 9.17) is 4.74 Å². The maximum Gasteiger partial charge on any atom is 0.122 e. The number of benzene rings is 2. The van der Waals surface area contributed by atoms with Crippen molar-refractivity contribution in [2.45, 2.75) is 31.8 Å². The highest BCUT2D eigenvalue weighted by atomic mass is 16.5. The van der Waals surface area contributed by atoms with Gasteiger partial charge in [0.2, 0.25) is 0 Å². The number of ether oxygens (including phenoxy) is 1. The molecule has 2 aromatic rings. The van der Waals surface area contributed by atoms with Gasteiger partial charge in [-0.15, -0.1) is 0 Å². The van der Waals surface area contributed by atoms with E-state index in [0.717, 1.165) is 43.6 Å². The highest BCUT2D eigenvalue weighted by molar-refractivity contribution is 5.41. The molecule has 108 valence electrons. The number of hydrogen-bond acceptors (Lipinski definition) is 2. The zero-order chi connectivity index (χ0) is 14.2. The molecule has 2 atom stereocenters. The molecule has 4 rings (SSSR count). The van der Waals surface area contributed by atoms with E-state index in [2.05, 4.69) is 30.3 Å². The molecule has 0 aromatic heterocycles. The van der Waals surface area contributed by atoms with Crippen LogP contribution in [0.3, 0.4) is 0 Å². The minimum Gasteiger partial charge on any atom is -0.493 e. The smallest absolute Gasteiger partial charge is 0.122 e. The van der Waals surface area contributed by atoms with Gasteiger partial charge >= 0.3 is 0 Å². The van der Waals surface area contributed by atoms with Gasteiger partial charge < -0.3 is 9.84 Å². The first-order valence-corrected chi connectivity index (χ1v) is 7.82. The molecule has 0 bridgehead atoms. The van der Waals surface area contributed by atoms with Crippen molar-refractivity contribution in [3.8, 4) is 5.75 Å². The van der Waals surface area contributed by atoms with E-state index in [9.17, 15) is 5.11 Å². The Morgan fingerprint density at radius 2 is 1.86 bits per heavy atom. The molecule has 2 nitrogen and oxygen atoms in total. The highest BCUT2D eigenvalue weighted by Gasteiger charge is 2.26. The third-order valence-corrected chi connectivity index (χ3v) is 4.89. The average molecular weight is 280 g/mol. The number of fused-ring (bicyclic) bond motifs is 2. The lowest BCUT2D eigenvalue weighted by Gasteiger charge is -2.29. The van der Waals surface area contributed by atoms with Crippen LogP contribution in [0.25, 0.3) is 0 Å². The first-order valence-electron chi connectivity index (χ1n) is 7.82. The molecule has 0 spiro atoms. The van der Waals surface area contributed by atoms with Gasteiger partial charge in [-0.05, 0) is 59.6 Å². The van der Waals surface area contributed by atoms with E-state index in [1.165, 1.54) is 16.7 Å². The SMILES string of the molecule is OC(c1ccc2c(c1)CCO2)C1CCc2ccccc2C1. The summed E-state index contributed by atoms with van der Waals surface area (Å²) in [5, 5.41) is 10.8. The first kappa shape index (κ1) is 12.9. The maximum atomic E-state index is 10.8. The van der Waals surface area contributed by atoms with E-state index in [0.29, 0.717) is 5.92 Å². The molecule has 0 amide bonds. The standard InChI is InChI=1S/C19H20O2/c20-19(17-7-8-18-15(12-17)9-10-21-18)16-6-5-13-3-1-2-4-14(13)11-16/h1-4,7-8,12,16,19-20H,5-6,9-11H2. The molecule has 1 N–H and O–H groups in total. The second kappa shape index (κ2) is 5.19. The average Bonchev–Trinajstić information content (AvgIpc) is 3.01. The molecule has 1 aliphatic carbocycles. The van der Waals surface area contributed by atoms with Crippen LogP contribution >= 0.6 is 0 Å². The Morgan fingerprint density at radius 1 is 1.00 bits per heavy atom. The van der Waals surface area contributed by atoms with Crippen molar-refractivity contribution in [1.29, 1.82) is 0 Å². The second-order valence-electron chi connectivity index (χ2n) is 6.18. The summed E-state index contributed by atoms with van der Waals surface area (Å²) in [6, 6.07) is 14.8. The molecule has 2 heteroatoms. The Kier molecular flexibility index (Phi) is 3.19. The van der Waals surface area contributed by atoms with Crippen LogP contribution in [-0.2, 0) is 19.3 Å². The van der Waals surface area contributed by atoms with E-state index >= 15 is 0 Å². The Bertz CT molecular complexity index is 662. The summed E-state index contributed by atoms with van der Waals surface area (Å²) in [5.74, 6) is 1.31.